The van der Waals surface area contributed by atoms with Gasteiger partial charge < -0.3 is 15.5 Å². The average Bonchev–Trinajstić information content (AvgIpc) is 3.27. The molecule has 2 aromatic heterocycles. The summed E-state index contributed by atoms with van der Waals surface area (Å²) in [6.07, 6.45) is 4.26. The zero-order valence-electron chi connectivity index (χ0n) is 19.0. The minimum atomic E-state index is 0.0356. The molecule has 1 amide bonds. The number of para-hydroxylation sites is 1. The van der Waals surface area contributed by atoms with E-state index in [2.05, 4.69) is 22.8 Å². The first kappa shape index (κ1) is 21.6. The largest absolute Gasteiger partial charge is 0.362 e. The second-order valence-corrected chi connectivity index (χ2v) is 9.91. The van der Waals surface area contributed by atoms with Gasteiger partial charge in [0, 0.05) is 47.5 Å². The SMILES string of the molecule is CN(C)c1nc(N[C@H]2CC[C@@H](CNC(=O)c3csc4ccccc34)CC2)nc2ccccc12. The lowest BCUT2D eigenvalue weighted by atomic mass is 9.86. The molecule has 0 radical (unpaired) electrons. The number of thiophene rings is 1. The van der Waals surface area contributed by atoms with E-state index >= 15 is 0 Å². The number of hydrogen-bond donors (Lipinski definition) is 2. The standard InChI is InChI=1S/C26H29N5OS/c1-31(2)24-20-8-3-5-9-22(20)29-26(30-24)28-18-13-11-17(12-14-18)15-27-25(32)21-16-33-23-10-6-4-7-19(21)23/h3-10,16-18H,11-15H2,1-2H3,(H,27,32)(H,28,29,30)/t17-,18+. The Morgan fingerprint density at radius 3 is 2.52 bits per heavy atom. The minimum absolute atomic E-state index is 0.0356. The maximum Gasteiger partial charge on any atom is 0.252 e. The molecule has 5 rings (SSSR count). The molecule has 0 saturated heterocycles. The molecule has 6 nitrogen and oxygen atoms in total. The summed E-state index contributed by atoms with van der Waals surface area (Å²) in [5.41, 5.74) is 1.74. The molecule has 2 N–H and O–H groups in total. The highest BCUT2D eigenvalue weighted by molar-refractivity contribution is 7.17. The first-order chi connectivity index (χ1) is 16.1. The third kappa shape index (κ3) is 4.64. The van der Waals surface area contributed by atoms with E-state index in [4.69, 9.17) is 9.97 Å². The molecule has 0 bridgehead atoms. The molecule has 0 unspecified atom stereocenters. The normalized spacial score (nSPS) is 18.4. The summed E-state index contributed by atoms with van der Waals surface area (Å²) in [5, 5.41) is 10.8. The van der Waals surface area contributed by atoms with Crippen molar-refractivity contribution in [1.82, 2.24) is 15.3 Å². The minimum Gasteiger partial charge on any atom is -0.362 e. The van der Waals surface area contributed by atoms with Crippen molar-refractivity contribution in [3.63, 3.8) is 0 Å². The van der Waals surface area contributed by atoms with Gasteiger partial charge in [-0.25, -0.2) is 4.98 Å². The number of amides is 1. The summed E-state index contributed by atoms with van der Waals surface area (Å²) in [7, 11) is 4.02. The maximum absolute atomic E-state index is 12.7. The Morgan fingerprint density at radius 2 is 1.73 bits per heavy atom. The quantitative estimate of drug-likeness (QED) is 0.409. The van der Waals surface area contributed by atoms with Crippen molar-refractivity contribution in [3.05, 3.63) is 59.5 Å². The van der Waals surface area contributed by atoms with Gasteiger partial charge in [-0.05, 0) is 49.8 Å². The van der Waals surface area contributed by atoms with Crippen LogP contribution in [0.3, 0.4) is 0 Å². The molecule has 0 atom stereocenters. The van der Waals surface area contributed by atoms with Crippen LogP contribution in [-0.4, -0.2) is 42.6 Å². The highest BCUT2D eigenvalue weighted by atomic mass is 32.1. The number of rotatable bonds is 6. The van der Waals surface area contributed by atoms with Crippen LogP contribution in [0.4, 0.5) is 11.8 Å². The maximum atomic E-state index is 12.7. The van der Waals surface area contributed by atoms with E-state index in [0.29, 0.717) is 17.9 Å². The molecule has 0 aliphatic heterocycles. The Bertz CT molecular complexity index is 1280. The third-order valence-corrected chi connectivity index (χ3v) is 7.43. The topological polar surface area (TPSA) is 70.2 Å². The van der Waals surface area contributed by atoms with Crippen LogP contribution in [-0.2, 0) is 0 Å². The number of carbonyl (C=O) groups excluding carboxylic acids is 1. The number of carbonyl (C=O) groups is 1. The van der Waals surface area contributed by atoms with Gasteiger partial charge in [-0.2, -0.15) is 4.98 Å². The third-order valence-electron chi connectivity index (χ3n) is 6.46. The Balaban J connectivity index is 1.17. The van der Waals surface area contributed by atoms with Crippen molar-refractivity contribution in [2.75, 3.05) is 30.9 Å². The molecule has 33 heavy (non-hydrogen) atoms. The Morgan fingerprint density at radius 1 is 1.00 bits per heavy atom. The summed E-state index contributed by atoms with van der Waals surface area (Å²) in [5.74, 6) is 2.17. The highest BCUT2D eigenvalue weighted by Crippen LogP contribution is 2.29. The molecular formula is C26H29N5OS. The van der Waals surface area contributed by atoms with E-state index in [1.165, 1.54) is 0 Å². The molecule has 1 fully saturated rings. The van der Waals surface area contributed by atoms with Crippen LogP contribution in [0.1, 0.15) is 36.0 Å². The summed E-state index contributed by atoms with van der Waals surface area (Å²) >= 11 is 1.62. The molecular weight excluding hydrogens is 430 g/mol. The average molecular weight is 460 g/mol. The van der Waals surface area contributed by atoms with E-state index in [0.717, 1.165) is 64.6 Å². The van der Waals surface area contributed by atoms with Gasteiger partial charge in [-0.3, -0.25) is 4.79 Å². The summed E-state index contributed by atoms with van der Waals surface area (Å²) in [6.45, 7) is 0.729. The van der Waals surface area contributed by atoms with Crippen LogP contribution in [0.2, 0.25) is 0 Å². The van der Waals surface area contributed by atoms with Crippen LogP contribution in [0.25, 0.3) is 21.0 Å². The lowest BCUT2D eigenvalue weighted by Gasteiger charge is -2.29. The van der Waals surface area contributed by atoms with Gasteiger partial charge in [-0.15, -0.1) is 11.3 Å². The first-order valence-corrected chi connectivity index (χ1v) is 12.4. The number of fused-ring (bicyclic) bond motifs is 2. The summed E-state index contributed by atoms with van der Waals surface area (Å²) in [6, 6.07) is 16.6. The van der Waals surface area contributed by atoms with Crippen molar-refractivity contribution >= 4 is 50.0 Å². The van der Waals surface area contributed by atoms with Crippen LogP contribution in [0.5, 0.6) is 0 Å². The molecule has 2 aromatic carbocycles. The fourth-order valence-electron chi connectivity index (χ4n) is 4.64. The highest BCUT2D eigenvalue weighted by Gasteiger charge is 2.23. The molecule has 170 valence electrons. The molecule has 4 aromatic rings. The molecule has 2 heterocycles. The number of aromatic nitrogens is 2. The van der Waals surface area contributed by atoms with Crippen LogP contribution >= 0.6 is 11.3 Å². The van der Waals surface area contributed by atoms with E-state index < -0.39 is 0 Å². The lowest BCUT2D eigenvalue weighted by Crippen LogP contribution is -2.34. The van der Waals surface area contributed by atoms with Crippen molar-refractivity contribution in [2.45, 2.75) is 31.7 Å². The fraction of sp³-hybridized carbons (Fsp3) is 0.346. The Labute approximate surface area is 198 Å². The second-order valence-electron chi connectivity index (χ2n) is 9.00. The number of nitrogens with one attached hydrogen (secondary N) is 2. The van der Waals surface area contributed by atoms with Gasteiger partial charge in [0.1, 0.15) is 5.82 Å². The first-order valence-electron chi connectivity index (χ1n) is 11.5. The van der Waals surface area contributed by atoms with Gasteiger partial charge in [0.2, 0.25) is 5.95 Å². The van der Waals surface area contributed by atoms with Crippen LogP contribution in [0, 0.1) is 5.92 Å². The van der Waals surface area contributed by atoms with Crippen LogP contribution in [0.15, 0.2) is 53.9 Å². The van der Waals surface area contributed by atoms with E-state index in [1.807, 2.05) is 60.8 Å². The zero-order chi connectivity index (χ0) is 22.8. The van der Waals surface area contributed by atoms with Gasteiger partial charge in [0.15, 0.2) is 0 Å². The Hall–Kier alpha value is -3.19. The van der Waals surface area contributed by atoms with Crippen LogP contribution < -0.4 is 15.5 Å². The van der Waals surface area contributed by atoms with Gasteiger partial charge in [0.05, 0.1) is 11.1 Å². The van der Waals surface area contributed by atoms with E-state index in [-0.39, 0.29) is 5.91 Å². The predicted molar refractivity (Wildman–Crippen MR) is 137 cm³/mol. The fourth-order valence-corrected chi connectivity index (χ4v) is 5.59. The van der Waals surface area contributed by atoms with Crippen molar-refractivity contribution < 1.29 is 4.79 Å². The number of nitrogens with zero attached hydrogens (tertiary/aromatic N) is 3. The van der Waals surface area contributed by atoms with Crippen molar-refractivity contribution in [1.29, 1.82) is 0 Å². The van der Waals surface area contributed by atoms with Gasteiger partial charge >= 0.3 is 0 Å². The zero-order valence-corrected chi connectivity index (χ0v) is 19.9. The van der Waals surface area contributed by atoms with Gasteiger partial charge in [-0.1, -0.05) is 30.3 Å². The summed E-state index contributed by atoms with van der Waals surface area (Å²) in [4.78, 5) is 24.3. The molecule has 7 heteroatoms. The van der Waals surface area contributed by atoms with E-state index in [1.54, 1.807) is 11.3 Å². The number of anilines is 2. The number of hydrogen-bond acceptors (Lipinski definition) is 6. The molecule has 0 spiro atoms. The monoisotopic (exact) mass is 459 g/mol. The number of benzene rings is 2. The van der Waals surface area contributed by atoms with Crippen molar-refractivity contribution in [3.8, 4) is 0 Å². The van der Waals surface area contributed by atoms with Gasteiger partial charge in [0.25, 0.3) is 5.91 Å². The smallest absolute Gasteiger partial charge is 0.252 e. The molecule has 1 aliphatic carbocycles. The Kier molecular flexibility index (Phi) is 6.13. The van der Waals surface area contributed by atoms with Crippen molar-refractivity contribution in [2.24, 2.45) is 5.92 Å². The molecule has 1 saturated carbocycles. The molecule has 1 aliphatic rings. The second kappa shape index (κ2) is 9.35. The summed E-state index contributed by atoms with van der Waals surface area (Å²) < 4.78 is 1.16. The van der Waals surface area contributed by atoms with E-state index in [9.17, 15) is 4.79 Å². The predicted octanol–water partition coefficient (Wildman–Crippen LogP) is 5.31. The lowest BCUT2D eigenvalue weighted by molar-refractivity contribution is 0.0945.